The van der Waals surface area contributed by atoms with Gasteiger partial charge in [0.25, 0.3) is 0 Å². The van der Waals surface area contributed by atoms with E-state index in [0.717, 1.165) is 31.6 Å². The zero-order valence-electron chi connectivity index (χ0n) is 15.5. The number of hydrogen-bond acceptors (Lipinski definition) is 2. The van der Waals surface area contributed by atoms with E-state index in [-0.39, 0.29) is 40.9 Å². The highest BCUT2D eigenvalue weighted by Gasteiger charge is 2.33. The fourth-order valence-corrected chi connectivity index (χ4v) is 4.27. The lowest BCUT2D eigenvalue weighted by atomic mass is 9.94. The summed E-state index contributed by atoms with van der Waals surface area (Å²) in [5, 5.41) is 0.169. The van der Waals surface area contributed by atoms with E-state index in [4.69, 9.17) is 17.3 Å². The Labute approximate surface area is 178 Å². The van der Waals surface area contributed by atoms with Gasteiger partial charge in [-0.2, -0.15) is 0 Å². The molecule has 26 heavy (non-hydrogen) atoms. The molecule has 7 heteroatoms. The molecule has 2 aliphatic heterocycles. The highest BCUT2D eigenvalue weighted by Crippen LogP contribution is 2.37. The first-order valence-electron chi connectivity index (χ1n) is 9.15. The van der Waals surface area contributed by atoms with Crippen LogP contribution >= 0.6 is 35.6 Å². The Morgan fingerprint density at radius 2 is 2.12 bits per heavy atom. The van der Waals surface area contributed by atoms with Crippen LogP contribution in [0.3, 0.4) is 0 Å². The van der Waals surface area contributed by atoms with Crippen LogP contribution in [0.1, 0.15) is 37.8 Å². The lowest BCUT2D eigenvalue weighted by Crippen LogP contribution is -2.43. The third-order valence-electron chi connectivity index (χ3n) is 5.53. The molecule has 2 saturated heterocycles. The Morgan fingerprint density at radius 3 is 2.81 bits per heavy atom. The molecule has 3 atom stereocenters. The Kier molecular flexibility index (Phi) is 7.97. The van der Waals surface area contributed by atoms with Crippen LogP contribution in [0.4, 0.5) is 4.39 Å². The van der Waals surface area contributed by atoms with Crippen molar-refractivity contribution in [2.24, 2.45) is 22.6 Å². The number of likely N-dealkylation sites (tertiary alicyclic amines) is 2. The minimum atomic E-state index is -0.358. The first kappa shape index (κ1) is 21.7. The third-order valence-corrected chi connectivity index (χ3v) is 5.83. The van der Waals surface area contributed by atoms with Gasteiger partial charge in [-0.15, -0.1) is 24.0 Å². The predicted octanol–water partition coefficient (Wildman–Crippen LogP) is 4.14. The van der Waals surface area contributed by atoms with Crippen LogP contribution in [0.15, 0.2) is 23.2 Å². The normalized spacial score (nSPS) is 27.5. The minimum absolute atomic E-state index is 0. The average molecular weight is 495 g/mol. The molecule has 1 aromatic carbocycles. The zero-order chi connectivity index (χ0) is 18.0. The van der Waals surface area contributed by atoms with Gasteiger partial charge in [0.05, 0.1) is 5.02 Å². The molecule has 0 amide bonds. The van der Waals surface area contributed by atoms with Crippen LogP contribution in [0, 0.1) is 17.7 Å². The summed E-state index contributed by atoms with van der Waals surface area (Å²) in [6.07, 6.45) is 3.48. The smallest absolute Gasteiger partial charge is 0.191 e. The monoisotopic (exact) mass is 494 g/mol. The summed E-state index contributed by atoms with van der Waals surface area (Å²) in [5.74, 6) is 1.31. The Bertz CT molecular complexity index is 642. The molecule has 1 aromatic rings. The van der Waals surface area contributed by atoms with E-state index >= 15 is 0 Å². The number of nitrogens with zero attached hydrogens (tertiary/aromatic N) is 3. The molecule has 2 fully saturated rings. The predicted molar refractivity (Wildman–Crippen MR) is 117 cm³/mol. The molecule has 2 heterocycles. The number of nitrogens with two attached hydrogens (primary N) is 1. The molecule has 2 N–H and O–H groups in total. The van der Waals surface area contributed by atoms with E-state index in [0.29, 0.717) is 24.3 Å². The topological polar surface area (TPSA) is 44.9 Å². The quantitative estimate of drug-likeness (QED) is 0.390. The molecular formula is C19H29ClFIN4. The van der Waals surface area contributed by atoms with Gasteiger partial charge in [0.15, 0.2) is 5.96 Å². The van der Waals surface area contributed by atoms with E-state index in [1.165, 1.54) is 12.8 Å². The number of rotatable bonds is 3. The van der Waals surface area contributed by atoms with Crippen molar-refractivity contribution in [1.29, 1.82) is 0 Å². The summed E-state index contributed by atoms with van der Waals surface area (Å²) < 4.78 is 13.9. The van der Waals surface area contributed by atoms with Crippen molar-refractivity contribution in [2.75, 3.05) is 33.2 Å². The summed E-state index contributed by atoms with van der Waals surface area (Å²) >= 11 is 5.83. The fraction of sp³-hybridized carbons (Fsp3) is 0.632. The second-order valence-electron chi connectivity index (χ2n) is 7.54. The standard InChI is InChI=1S/C19H28ClFN4.HI/c1-13-4-3-8-25(12-13)19(22)23-11-15-7-9-24(2)18(15)14-5-6-16(20)17(21)10-14;/h5-6,10,13,15,18H,3-4,7-9,11-12H2,1-2H3,(H2,22,23);1H. The van der Waals surface area contributed by atoms with E-state index < -0.39 is 0 Å². The second-order valence-corrected chi connectivity index (χ2v) is 7.95. The molecule has 3 unspecified atom stereocenters. The summed E-state index contributed by atoms with van der Waals surface area (Å²) in [6, 6.07) is 5.27. The van der Waals surface area contributed by atoms with E-state index in [2.05, 4.69) is 28.8 Å². The van der Waals surface area contributed by atoms with Crippen molar-refractivity contribution in [3.63, 3.8) is 0 Å². The number of piperidine rings is 1. The van der Waals surface area contributed by atoms with Crippen molar-refractivity contribution < 1.29 is 4.39 Å². The van der Waals surface area contributed by atoms with Crippen LogP contribution in [-0.2, 0) is 0 Å². The van der Waals surface area contributed by atoms with Gasteiger partial charge < -0.3 is 10.6 Å². The van der Waals surface area contributed by atoms with Crippen molar-refractivity contribution in [1.82, 2.24) is 9.80 Å². The molecule has 146 valence electrons. The van der Waals surface area contributed by atoms with Crippen LogP contribution < -0.4 is 5.73 Å². The maximum absolute atomic E-state index is 13.9. The molecule has 4 nitrogen and oxygen atoms in total. The largest absolute Gasteiger partial charge is 0.370 e. The average Bonchev–Trinajstić information content (AvgIpc) is 2.96. The molecule has 0 aromatic heterocycles. The van der Waals surface area contributed by atoms with Gasteiger partial charge in [0.1, 0.15) is 5.82 Å². The molecule has 0 saturated carbocycles. The van der Waals surface area contributed by atoms with Gasteiger partial charge >= 0.3 is 0 Å². The summed E-state index contributed by atoms with van der Waals surface area (Å²) in [4.78, 5) is 9.15. The molecule has 0 radical (unpaired) electrons. The van der Waals surface area contributed by atoms with Crippen molar-refractivity contribution in [3.8, 4) is 0 Å². The van der Waals surface area contributed by atoms with E-state index in [9.17, 15) is 4.39 Å². The lowest BCUT2D eigenvalue weighted by molar-refractivity contribution is 0.266. The Balaban J connectivity index is 0.00000243. The SMILES string of the molecule is CC1CCCN(C(N)=NCC2CCN(C)C2c2ccc(Cl)c(F)c2)C1.I. The molecule has 0 aliphatic carbocycles. The zero-order valence-corrected chi connectivity index (χ0v) is 18.6. The fourth-order valence-electron chi connectivity index (χ4n) is 4.15. The van der Waals surface area contributed by atoms with Gasteiger partial charge in [-0.3, -0.25) is 9.89 Å². The minimum Gasteiger partial charge on any atom is -0.370 e. The Morgan fingerprint density at radius 1 is 1.35 bits per heavy atom. The van der Waals surface area contributed by atoms with Gasteiger partial charge in [0.2, 0.25) is 0 Å². The van der Waals surface area contributed by atoms with Crippen LogP contribution in [0.25, 0.3) is 0 Å². The summed E-state index contributed by atoms with van der Waals surface area (Å²) in [6.45, 7) is 5.91. The van der Waals surface area contributed by atoms with Crippen molar-refractivity contribution in [2.45, 2.75) is 32.2 Å². The van der Waals surface area contributed by atoms with Gasteiger partial charge in [0, 0.05) is 25.7 Å². The maximum Gasteiger partial charge on any atom is 0.191 e. The molecule has 0 bridgehead atoms. The van der Waals surface area contributed by atoms with Crippen LogP contribution in [-0.4, -0.2) is 49.0 Å². The highest BCUT2D eigenvalue weighted by atomic mass is 127. The van der Waals surface area contributed by atoms with E-state index in [1.54, 1.807) is 12.1 Å². The van der Waals surface area contributed by atoms with Gasteiger partial charge in [-0.1, -0.05) is 24.6 Å². The van der Waals surface area contributed by atoms with Crippen LogP contribution in [0.5, 0.6) is 0 Å². The van der Waals surface area contributed by atoms with Crippen LogP contribution in [0.2, 0.25) is 5.02 Å². The second kappa shape index (κ2) is 9.55. The van der Waals surface area contributed by atoms with Gasteiger partial charge in [-0.25, -0.2) is 4.39 Å². The first-order chi connectivity index (χ1) is 12.0. The number of halogens is 3. The summed E-state index contributed by atoms with van der Waals surface area (Å²) in [7, 11) is 2.08. The third kappa shape index (κ3) is 5.01. The maximum atomic E-state index is 13.9. The molecule has 0 spiro atoms. The summed E-state index contributed by atoms with van der Waals surface area (Å²) in [5.41, 5.74) is 7.20. The molecule has 3 rings (SSSR count). The molecule has 2 aliphatic rings. The number of benzene rings is 1. The van der Waals surface area contributed by atoms with E-state index in [1.807, 2.05) is 6.07 Å². The number of guanidine groups is 1. The number of aliphatic imine (C=N–C) groups is 1. The Hall–Kier alpha value is -0.600. The first-order valence-corrected chi connectivity index (χ1v) is 9.53. The van der Waals surface area contributed by atoms with Crippen molar-refractivity contribution in [3.05, 3.63) is 34.6 Å². The number of hydrogen-bond donors (Lipinski definition) is 1. The van der Waals surface area contributed by atoms with Crippen molar-refractivity contribution >= 4 is 41.5 Å². The highest BCUT2D eigenvalue weighted by molar-refractivity contribution is 14.0. The lowest BCUT2D eigenvalue weighted by Gasteiger charge is -2.32. The molecular weight excluding hydrogens is 466 g/mol. The van der Waals surface area contributed by atoms with Gasteiger partial charge in [-0.05, 0) is 62.4 Å².